The van der Waals surface area contributed by atoms with Crippen molar-refractivity contribution in [2.75, 3.05) is 9.80 Å². The van der Waals surface area contributed by atoms with E-state index in [-0.39, 0.29) is 17.3 Å². The summed E-state index contributed by atoms with van der Waals surface area (Å²) in [7, 11) is 0. The van der Waals surface area contributed by atoms with E-state index >= 15 is 0 Å². The third-order valence-electron chi connectivity index (χ3n) is 6.40. The standard InChI is InChI=1S/C32H22ClN3O3S/c1-21-11-14-26(18-29(21)33)36-31(38)28(30(37)35(32(36)40)25-9-3-2-4-10-25)17-22-12-15-27(16-13-22)39-20-24-8-6-5-7-23(24)19-34/h2-18H,20H2,1H3/b28-17-. The van der Waals surface area contributed by atoms with Gasteiger partial charge in [-0.3, -0.25) is 19.4 Å². The number of amides is 2. The maximum atomic E-state index is 13.7. The topological polar surface area (TPSA) is 73.6 Å². The second-order valence-electron chi connectivity index (χ2n) is 9.02. The average Bonchev–Trinajstić information content (AvgIpc) is 2.97. The van der Waals surface area contributed by atoms with Crippen molar-refractivity contribution in [3.05, 3.63) is 130 Å². The Labute approximate surface area is 242 Å². The number of carbonyl (C=O) groups excluding carboxylic acids is 2. The molecule has 1 aliphatic rings. The van der Waals surface area contributed by atoms with E-state index in [4.69, 9.17) is 28.6 Å². The van der Waals surface area contributed by atoms with Gasteiger partial charge >= 0.3 is 0 Å². The van der Waals surface area contributed by atoms with Gasteiger partial charge in [0.1, 0.15) is 17.9 Å². The zero-order chi connectivity index (χ0) is 28.2. The van der Waals surface area contributed by atoms with E-state index in [1.54, 1.807) is 84.9 Å². The molecule has 196 valence electrons. The number of nitriles is 1. The minimum Gasteiger partial charge on any atom is -0.489 e. The van der Waals surface area contributed by atoms with Gasteiger partial charge in [-0.25, -0.2) is 0 Å². The van der Waals surface area contributed by atoms with Crippen LogP contribution in [-0.4, -0.2) is 16.9 Å². The van der Waals surface area contributed by atoms with Crippen LogP contribution in [0.25, 0.3) is 6.08 Å². The molecule has 0 bridgehead atoms. The minimum absolute atomic E-state index is 0.0414. The highest BCUT2D eigenvalue weighted by Crippen LogP contribution is 2.32. The summed E-state index contributed by atoms with van der Waals surface area (Å²) in [6, 6.07) is 30.6. The fourth-order valence-electron chi connectivity index (χ4n) is 4.23. The lowest BCUT2D eigenvalue weighted by atomic mass is 10.0. The summed E-state index contributed by atoms with van der Waals surface area (Å²) in [4.78, 5) is 30.1. The fraction of sp³-hybridized carbons (Fsp3) is 0.0625. The van der Waals surface area contributed by atoms with E-state index in [0.29, 0.717) is 33.3 Å². The van der Waals surface area contributed by atoms with Crippen molar-refractivity contribution in [2.45, 2.75) is 13.5 Å². The van der Waals surface area contributed by atoms with Gasteiger partial charge in [-0.2, -0.15) is 5.26 Å². The Balaban J connectivity index is 1.47. The smallest absolute Gasteiger partial charge is 0.270 e. The number of nitrogens with zero attached hydrogens (tertiary/aromatic N) is 3. The van der Waals surface area contributed by atoms with Crippen LogP contribution in [0, 0.1) is 18.3 Å². The Morgan fingerprint density at radius 3 is 2.20 bits per heavy atom. The number of rotatable bonds is 6. The summed E-state index contributed by atoms with van der Waals surface area (Å²) >= 11 is 12.0. The zero-order valence-corrected chi connectivity index (χ0v) is 22.9. The van der Waals surface area contributed by atoms with Crippen LogP contribution in [-0.2, 0) is 16.2 Å². The Hall–Kier alpha value is -4.77. The lowest BCUT2D eigenvalue weighted by molar-refractivity contribution is -0.120. The van der Waals surface area contributed by atoms with E-state index in [1.165, 1.54) is 9.80 Å². The van der Waals surface area contributed by atoms with Crippen molar-refractivity contribution < 1.29 is 14.3 Å². The largest absolute Gasteiger partial charge is 0.489 e. The van der Waals surface area contributed by atoms with Crippen molar-refractivity contribution >= 4 is 58.2 Å². The van der Waals surface area contributed by atoms with Crippen LogP contribution in [0.15, 0.2) is 103 Å². The Morgan fingerprint density at radius 1 is 0.875 bits per heavy atom. The summed E-state index contributed by atoms with van der Waals surface area (Å²) in [5.41, 5.74) is 3.77. The molecule has 5 rings (SSSR count). The molecule has 0 radical (unpaired) electrons. The molecule has 6 nitrogen and oxygen atoms in total. The van der Waals surface area contributed by atoms with Gasteiger partial charge in [-0.1, -0.05) is 66.2 Å². The lowest BCUT2D eigenvalue weighted by Crippen LogP contribution is -2.56. The van der Waals surface area contributed by atoms with Crippen LogP contribution in [0.1, 0.15) is 22.3 Å². The lowest BCUT2D eigenvalue weighted by Gasteiger charge is -2.36. The molecule has 0 atom stereocenters. The fourth-order valence-corrected chi connectivity index (χ4v) is 4.78. The summed E-state index contributed by atoms with van der Waals surface area (Å²) in [6.45, 7) is 2.10. The van der Waals surface area contributed by atoms with Crippen LogP contribution in [0.2, 0.25) is 5.02 Å². The first kappa shape index (κ1) is 26.8. The van der Waals surface area contributed by atoms with Gasteiger partial charge < -0.3 is 4.74 Å². The third kappa shape index (κ3) is 5.36. The van der Waals surface area contributed by atoms with Gasteiger partial charge in [0.05, 0.1) is 23.0 Å². The summed E-state index contributed by atoms with van der Waals surface area (Å²) in [5.74, 6) is -0.487. The predicted octanol–water partition coefficient (Wildman–Crippen LogP) is 6.85. The SMILES string of the molecule is Cc1ccc(N2C(=O)/C(=C\c3ccc(OCc4ccccc4C#N)cc3)C(=O)N(c3ccccc3)C2=S)cc1Cl. The molecule has 2 amide bonds. The molecule has 8 heteroatoms. The van der Waals surface area contributed by atoms with Crippen molar-refractivity contribution in [1.29, 1.82) is 5.26 Å². The van der Waals surface area contributed by atoms with E-state index in [0.717, 1.165) is 11.1 Å². The van der Waals surface area contributed by atoms with E-state index < -0.39 is 11.8 Å². The van der Waals surface area contributed by atoms with Crippen LogP contribution in [0.5, 0.6) is 5.75 Å². The third-order valence-corrected chi connectivity index (χ3v) is 7.17. The number of anilines is 2. The van der Waals surface area contributed by atoms with Gasteiger partial charge in [0.15, 0.2) is 5.11 Å². The molecule has 1 aliphatic heterocycles. The first-order valence-corrected chi connectivity index (χ1v) is 13.1. The number of thiocarbonyl (C=S) groups is 1. The first-order valence-electron chi connectivity index (χ1n) is 12.3. The number of carbonyl (C=O) groups is 2. The molecule has 0 unspecified atom stereocenters. The van der Waals surface area contributed by atoms with Crippen LogP contribution in [0.4, 0.5) is 11.4 Å². The molecule has 40 heavy (non-hydrogen) atoms. The second-order valence-corrected chi connectivity index (χ2v) is 9.79. The normalized spacial score (nSPS) is 14.4. The summed E-state index contributed by atoms with van der Waals surface area (Å²) in [6.07, 6.45) is 1.54. The van der Waals surface area contributed by atoms with Crippen molar-refractivity contribution in [1.82, 2.24) is 0 Å². The number of hydrogen-bond acceptors (Lipinski definition) is 5. The van der Waals surface area contributed by atoms with Crippen molar-refractivity contribution in [3.63, 3.8) is 0 Å². The van der Waals surface area contributed by atoms with E-state index in [1.807, 2.05) is 25.1 Å². The Morgan fingerprint density at radius 2 is 1.52 bits per heavy atom. The highest BCUT2D eigenvalue weighted by Gasteiger charge is 2.41. The van der Waals surface area contributed by atoms with Gasteiger partial charge in [0.2, 0.25) is 0 Å². The average molecular weight is 564 g/mol. The second kappa shape index (κ2) is 11.5. The van der Waals surface area contributed by atoms with Crippen molar-refractivity contribution in [2.24, 2.45) is 0 Å². The molecule has 0 aliphatic carbocycles. The molecule has 0 N–H and O–H groups in total. The van der Waals surface area contributed by atoms with Crippen LogP contribution < -0.4 is 14.5 Å². The zero-order valence-electron chi connectivity index (χ0n) is 21.4. The molecule has 4 aromatic carbocycles. The number of aryl methyl sites for hydroxylation is 1. The number of ether oxygens (including phenoxy) is 1. The Bertz CT molecular complexity index is 1700. The highest BCUT2D eigenvalue weighted by molar-refractivity contribution is 7.81. The molecule has 0 saturated carbocycles. The van der Waals surface area contributed by atoms with Crippen LogP contribution >= 0.6 is 23.8 Å². The van der Waals surface area contributed by atoms with Crippen molar-refractivity contribution in [3.8, 4) is 11.8 Å². The van der Waals surface area contributed by atoms with Gasteiger partial charge in [-0.05, 0) is 78.8 Å². The summed E-state index contributed by atoms with van der Waals surface area (Å²) < 4.78 is 5.85. The molecule has 1 heterocycles. The van der Waals surface area contributed by atoms with Gasteiger partial charge in [0, 0.05) is 10.6 Å². The van der Waals surface area contributed by atoms with Gasteiger partial charge in [0.25, 0.3) is 11.8 Å². The first-order chi connectivity index (χ1) is 19.4. The molecule has 0 aromatic heterocycles. The number of halogens is 1. The monoisotopic (exact) mass is 563 g/mol. The molecule has 0 spiro atoms. The molecule has 1 saturated heterocycles. The highest BCUT2D eigenvalue weighted by atomic mass is 35.5. The maximum Gasteiger partial charge on any atom is 0.270 e. The maximum absolute atomic E-state index is 13.7. The molecular formula is C32H22ClN3O3S. The minimum atomic E-state index is -0.546. The van der Waals surface area contributed by atoms with E-state index in [9.17, 15) is 14.9 Å². The molecule has 4 aromatic rings. The van der Waals surface area contributed by atoms with E-state index in [2.05, 4.69) is 6.07 Å². The molecule has 1 fully saturated rings. The number of benzene rings is 4. The van der Waals surface area contributed by atoms with Crippen LogP contribution in [0.3, 0.4) is 0 Å². The number of para-hydroxylation sites is 1. The summed E-state index contributed by atoms with van der Waals surface area (Å²) in [5, 5.41) is 9.81. The number of hydrogen-bond donors (Lipinski definition) is 0. The van der Waals surface area contributed by atoms with Gasteiger partial charge in [-0.15, -0.1) is 0 Å². The predicted molar refractivity (Wildman–Crippen MR) is 160 cm³/mol. The molecular weight excluding hydrogens is 542 g/mol. The Kier molecular flexibility index (Phi) is 7.74. The quantitative estimate of drug-likeness (QED) is 0.146.